The number of carbonyl (C=O) groups is 4. The van der Waals surface area contributed by atoms with Gasteiger partial charge in [0.2, 0.25) is 0 Å². The number of carbonyl (C=O) groups excluding carboxylic acids is 4. The lowest BCUT2D eigenvalue weighted by molar-refractivity contribution is -0.153. The van der Waals surface area contributed by atoms with Gasteiger partial charge in [0.1, 0.15) is 0 Å². The maximum atomic E-state index is 10.6. The van der Waals surface area contributed by atoms with Crippen molar-refractivity contribution in [3.8, 4) is 0 Å². The largest absolute Gasteiger partial charge is 0.387 e. The first-order valence-electron chi connectivity index (χ1n) is 4.94. The summed E-state index contributed by atoms with van der Waals surface area (Å²) in [4.78, 5) is 41.0. The van der Waals surface area contributed by atoms with Crippen LogP contribution in [0.25, 0.3) is 0 Å². The minimum atomic E-state index is -0.643. The highest BCUT2D eigenvalue weighted by molar-refractivity contribution is 6.04. The molecule has 6 heteroatoms. The minimum absolute atomic E-state index is 0.579. The fourth-order valence-electron chi connectivity index (χ4n) is 0.743. The van der Waals surface area contributed by atoms with Crippen LogP contribution in [0.5, 0.6) is 0 Å². The molecule has 0 bridgehead atoms. The zero-order chi connectivity index (χ0) is 14.0. The molecule has 0 aliphatic carbocycles. The van der Waals surface area contributed by atoms with Crippen molar-refractivity contribution < 1.29 is 28.7 Å². The Morgan fingerprint density at radius 2 is 1.39 bits per heavy atom. The smallest absolute Gasteiger partial charge is 0.338 e. The topological polar surface area (TPSA) is 86.7 Å². The summed E-state index contributed by atoms with van der Waals surface area (Å²) in [7, 11) is 0. The lowest BCUT2D eigenvalue weighted by atomic mass is 10.5. The molecular weight excluding hydrogens is 240 g/mol. The van der Waals surface area contributed by atoms with E-state index in [1.54, 1.807) is 13.8 Å². The van der Waals surface area contributed by atoms with Crippen LogP contribution in [0, 0.1) is 0 Å². The van der Waals surface area contributed by atoms with Gasteiger partial charge in [-0.05, 0) is 13.8 Å². The highest BCUT2D eigenvalue weighted by atomic mass is 16.6. The highest BCUT2D eigenvalue weighted by Gasteiger charge is 2.10. The van der Waals surface area contributed by atoms with E-state index in [1.165, 1.54) is 24.3 Å². The van der Waals surface area contributed by atoms with Crippen molar-refractivity contribution in [2.24, 2.45) is 0 Å². The second kappa shape index (κ2) is 8.63. The Labute approximate surface area is 104 Å². The van der Waals surface area contributed by atoms with Gasteiger partial charge in [0, 0.05) is 24.3 Å². The van der Waals surface area contributed by atoms with E-state index >= 15 is 0 Å². The third kappa shape index (κ3) is 7.75. The fourth-order valence-corrected chi connectivity index (χ4v) is 0.743. The van der Waals surface area contributed by atoms with Gasteiger partial charge in [-0.2, -0.15) is 0 Å². The van der Waals surface area contributed by atoms with E-state index in [2.05, 4.69) is 9.47 Å². The molecule has 0 N–H and O–H groups in total. The summed E-state index contributed by atoms with van der Waals surface area (Å²) in [5, 5.41) is 0. The number of esters is 4. The van der Waals surface area contributed by atoms with Crippen LogP contribution < -0.4 is 0 Å². The van der Waals surface area contributed by atoms with Crippen molar-refractivity contribution in [1.82, 2.24) is 0 Å². The van der Waals surface area contributed by atoms with Gasteiger partial charge in [0.05, 0.1) is 0 Å². The molecule has 0 radical (unpaired) electrons. The van der Waals surface area contributed by atoms with Gasteiger partial charge in [-0.25, -0.2) is 19.2 Å². The first-order chi connectivity index (χ1) is 8.49. The number of allylic oxidation sites excluding steroid dienone is 2. The summed E-state index contributed by atoms with van der Waals surface area (Å²) < 4.78 is 8.25. The standard InChI is InChI=1S/C8H10O3.C4H2O3/c1-3-5-7(9)11-8(10)6-4-2;5-3-1-2-4(6)7-3/h3-6H,1-2H3;1-2H/b5-3+,6-4+;. The number of ether oxygens (including phenoxy) is 2. The predicted molar refractivity (Wildman–Crippen MR) is 61.0 cm³/mol. The third-order valence-electron chi connectivity index (χ3n) is 1.36. The van der Waals surface area contributed by atoms with Crippen molar-refractivity contribution in [3.05, 3.63) is 36.5 Å². The van der Waals surface area contributed by atoms with E-state index in [1.807, 2.05) is 0 Å². The number of rotatable bonds is 2. The summed E-state index contributed by atoms with van der Waals surface area (Å²) >= 11 is 0. The quantitative estimate of drug-likeness (QED) is 0.411. The summed E-state index contributed by atoms with van der Waals surface area (Å²) in [6.07, 6.45) is 7.55. The maximum Gasteiger partial charge on any atom is 0.338 e. The molecule has 0 aromatic rings. The predicted octanol–water partition coefficient (Wildman–Crippen LogP) is 0.834. The lowest BCUT2D eigenvalue weighted by Crippen LogP contribution is -2.06. The van der Waals surface area contributed by atoms with E-state index in [-0.39, 0.29) is 0 Å². The molecule has 0 amide bonds. The van der Waals surface area contributed by atoms with Gasteiger partial charge in [0.15, 0.2) is 0 Å². The second-order valence-electron chi connectivity index (χ2n) is 2.81. The van der Waals surface area contributed by atoms with E-state index in [0.717, 1.165) is 12.2 Å². The molecule has 18 heavy (non-hydrogen) atoms. The molecule has 6 nitrogen and oxygen atoms in total. The molecule has 1 aliphatic heterocycles. The Hall–Kier alpha value is -2.50. The second-order valence-corrected chi connectivity index (χ2v) is 2.81. The van der Waals surface area contributed by atoms with Gasteiger partial charge in [0.25, 0.3) is 0 Å². The van der Waals surface area contributed by atoms with Crippen LogP contribution in [-0.2, 0) is 28.7 Å². The number of cyclic esters (lactones) is 2. The zero-order valence-electron chi connectivity index (χ0n) is 9.91. The van der Waals surface area contributed by atoms with Crippen molar-refractivity contribution in [1.29, 1.82) is 0 Å². The fraction of sp³-hybridized carbons (Fsp3) is 0.167. The van der Waals surface area contributed by atoms with E-state index in [9.17, 15) is 19.2 Å². The van der Waals surface area contributed by atoms with Gasteiger partial charge in [-0.3, -0.25) is 0 Å². The first-order valence-corrected chi connectivity index (χ1v) is 4.94. The molecule has 96 valence electrons. The Morgan fingerprint density at radius 1 is 1.00 bits per heavy atom. The first kappa shape index (κ1) is 15.5. The molecule has 0 fully saturated rings. The molecule has 1 aliphatic rings. The van der Waals surface area contributed by atoms with E-state index in [4.69, 9.17) is 0 Å². The molecule has 0 saturated carbocycles. The summed E-state index contributed by atoms with van der Waals surface area (Å²) in [6.45, 7) is 3.34. The van der Waals surface area contributed by atoms with Gasteiger partial charge >= 0.3 is 23.9 Å². The summed E-state index contributed by atoms with van der Waals surface area (Å²) in [6, 6.07) is 0. The molecule has 0 atom stereocenters. The Balaban J connectivity index is 0.000000351. The molecule has 1 rings (SSSR count). The van der Waals surface area contributed by atoms with E-state index in [0.29, 0.717) is 0 Å². The van der Waals surface area contributed by atoms with Crippen molar-refractivity contribution >= 4 is 23.9 Å². The van der Waals surface area contributed by atoms with Crippen LogP contribution in [0.3, 0.4) is 0 Å². The van der Waals surface area contributed by atoms with Crippen LogP contribution in [-0.4, -0.2) is 23.9 Å². The lowest BCUT2D eigenvalue weighted by Gasteiger charge is -1.91. The van der Waals surface area contributed by atoms with Crippen LogP contribution in [0.15, 0.2) is 36.5 Å². The van der Waals surface area contributed by atoms with Gasteiger partial charge < -0.3 is 9.47 Å². The zero-order valence-corrected chi connectivity index (χ0v) is 9.91. The molecular formula is C12H12O6. The average Bonchev–Trinajstić information content (AvgIpc) is 2.63. The molecule has 1 heterocycles. The molecule has 0 saturated heterocycles. The van der Waals surface area contributed by atoms with Crippen LogP contribution in [0.1, 0.15) is 13.8 Å². The normalized spacial score (nSPS) is 13.4. The number of hydrogen-bond donors (Lipinski definition) is 0. The van der Waals surface area contributed by atoms with Gasteiger partial charge in [-0.1, -0.05) is 12.2 Å². The van der Waals surface area contributed by atoms with Crippen molar-refractivity contribution in [2.45, 2.75) is 13.8 Å². The van der Waals surface area contributed by atoms with Crippen molar-refractivity contribution in [2.75, 3.05) is 0 Å². The maximum absolute atomic E-state index is 10.6. The molecule has 0 unspecified atom stereocenters. The summed E-state index contributed by atoms with van der Waals surface area (Å²) in [5.41, 5.74) is 0. The number of hydrogen-bond acceptors (Lipinski definition) is 6. The molecule has 0 aromatic carbocycles. The summed E-state index contributed by atoms with van der Waals surface area (Å²) in [5.74, 6) is -2.44. The minimum Gasteiger partial charge on any atom is -0.387 e. The van der Waals surface area contributed by atoms with Crippen LogP contribution in [0.4, 0.5) is 0 Å². The Kier molecular flexibility index (Phi) is 7.43. The highest BCUT2D eigenvalue weighted by Crippen LogP contribution is 1.92. The van der Waals surface area contributed by atoms with Crippen molar-refractivity contribution in [3.63, 3.8) is 0 Å². The van der Waals surface area contributed by atoms with Gasteiger partial charge in [-0.15, -0.1) is 0 Å². The Bertz CT molecular complexity index is 390. The molecule has 0 spiro atoms. The van der Waals surface area contributed by atoms with Crippen LogP contribution >= 0.6 is 0 Å². The average molecular weight is 252 g/mol. The Morgan fingerprint density at radius 3 is 1.61 bits per heavy atom. The SMILES string of the molecule is C/C=C/C(=O)OC(=O)/C=C/C.O=C1C=CC(=O)O1. The van der Waals surface area contributed by atoms with E-state index < -0.39 is 23.9 Å². The third-order valence-corrected chi connectivity index (χ3v) is 1.36. The van der Waals surface area contributed by atoms with Crippen LogP contribution in [0.2, 0.25) is 0 Å². The monoisotopic (exact) mass is 252 g/mol. The molecule has 0 aromatic heterocycles.